The van der Waals surface area contributed by atoms with Crippen LogP contribution >= 0.6 is 12.2 Å². The third-order valence-electron chi connectivity index (χ3n) is 1.57. The van der Waals surface area contributed by atoms with Crippen LogP contribution in [0.2, 0.25) is 0 Å². The molecule has 2 nitrogen and oxygen atoms in total. The number of benzene rings is 1. The quantitative estimate of drug-likeness (QED) is 0.553. The van der Waals surface area contributed by atoms with E-state index < -0.39 is 0 Å². The Morgan fingerprint density at radius 3 is 2.50 bits per heavy atom. The van der Waals surface area contributed by atoms with Gasteiger partial charge in [-0.3, -0.25) is 0 Å². The fraction of sp³-hybridized carbons (Fsp3) is 0.0909. The highest BCUT2D eigenvalue weighted by Crippen LogP contribution is 2.02. The minimum atomic E-state index is 0.247. The van der Waals surface area contributed by atoms with Crippen LogP contribution in [-0.4, -0.2) is 4.99 Å². The van der Waals surface area contributed by atoms with Crippen LogP contribution in [0.3, 0.4) is 0 Å². The lowest BCUT2D eigenvalue weighted by Gasteiger charge is -1.96. The topological polar surface area (TPSA) is 49.8 Å². The van der Waals surface area contributed by atoms with Crippen LogP contribution in [0.4, 0.5) is 0 Å². The van der Waals surface area contributed by atoms with Crippen molar-refractivity contribution in [1.82, 2.24) is 0 Å². The average Bonchev–Trinajstić information content (AvgIpc) is 2.19. The molecule has 0 spiro atoms. The monoisotopic (exact) mass is 200 g/mol. The van der Waals surface area contributed by atoms with Crippen molar-refractivity contribution >= 4 is 17.2 Å². The molecule has 0 radical (unpaired) electrons. The maximum absolute atomic E-state index is 8.28. The number of nitriles is 1. The average molecular weight is 200 g/mol. The number of nitrogens with two attached hydrogens (primary N) is 1. The van der Waals surface area contributed by atoms with E-state index in [1.54, 1.807) is 0 Å². The van der Waals surface area contributed by atoms with E-state index >= 15 is 0 Å². The van der Waals surface area contributed by atoms with E-state index in [4.69, 9.17) is 23.2 Å². The molecule has 1 aromatic rings. The van der Waals surface area contributed by atoms with E-state index in [1.165, 1.54) is 0 Å². The molecule has 0 bridgehead atoms. The zero-order valence-electron chi connectivity index (χ0n) is 7.45. The number of hydrogen-bond acceptors (Lipinski definition) is 2. The van der Waals surface area contributed by atoms with E-state index in [0.717, 1.165) is 11.1 Å². The predicted molar refractivity (Wildman–Crippen MR) is 59.4 cm³/mol. The Labute approximate surface area is 88.3 Å². The summed E-state index contributed by atoms with van der Waals surface area (Å²) in [5.41, 5.74) is 7.12. The highest BCUT2D eigenvalue weighted by atomic mass is 32.1. The maximum atomic E-state index is 8.28. The molecule has 2 N–H and O–H groups in total. The van der Waals surface area contributed by atoms with Gasteiger partial charge in [-0.2, -0.15) is 5.26 Å². The molecule has 3 heteroatoms. The van der Waals surface area contributed by atoms with Gasteiger partial charge in [0, 0.05) is 11.1 Å². The molecular formula is C11H8N2S. The van der Waals surface area contributed by atoms with Gasteiger partial charge >= 0.3 is 0 Å². The summed E-state index contributed by atoms with van der Waals surface area (Å²) in [5.74, 6) is 5.58. The summed E-state index contributed by atoms with van der Waals surface area (Å²) in [7, 11) is 0. The second kappa shape index (κ2) is 5.01. The van der Waals surface area contributed by atoms with Crippen molar-refractivity contribution in [3.8, 4) is 17.9 Å². The van der Waals surface area contributed by atoms with Gasteiger partial charge in [-0.25, -0.2) is 0 Å². The summed E-state index contributed by atoms with van der Waals surface area (Å²) in [5, 5.41) is 8.28. The molecule has 0 amide bonds. The molecule has 1 rings (SSSR count). The van der Waals surface area contributed by atoms with Gasteiger partial charge in [0.2, 0.25) is 0 Å². The lowest BCUT2D eigenvalue weighted by molar-refractivity contribution is 1.39. The molecule has 0 fully saturated rings. The normalized spacial score (nSPS) is 8.21. The minimum Gasteiger partial charge on any atom is -0.389 e. The van der Waals surface area contributed by atoms with Crippen LogP contribution < -0.4 is 5.73 Å². The van der Waals surface area contributed by atoms with Crippen molar-refractivity contribution in [1.29, 1.82) is 5.26 Å². The first-order valence-corrected chi connectivity index (χ1v) is 4.40. The molecular weight excluding hydrogens is 192 g/mol. The zero-order valence-corrected chi connectivity index (χ0v) is 8.27. The predicted octanol–water partition coefficient (Wildman–Crippen LogP) is 1.59. The van der Waals surface area contributed by atoms with Crippen molar-refractivity contribution < 1.29 is 0 Å². The Hall–Kier alpha value is -1.84. The van der Waals surface area contributed by atoms with Crippen LogP contribution in [0.15, 0.2) is 24.3 Å². The highest BCUT2D eigenvalue weighted by molar-refractivity contribution is 7.80. The molecule has 0 aliphatic heterocycles. The van der Waals surface area contributed by atoms with Gasteiger partial charge in [0.15, 0.2) is 0 Å². The Balaban J connectivity index is 2.81. The second-order valence-corrected chi connectivity index (χ2v) is 3.02. The van der Waals surface area contributed by atoms with Crippen molar-refractivity contribution in [3.63, 3.8) is 0 Å². The van der Waals surface area contributed by atoms with Gasteiger partial charge in [-0.1, -0.05) is 36.2 Å². The van der Waals surface area contributed by atoms with E-state index in [1.807, 2.05) is 30.3 Å². The third kappa shape index (κ3) is 2.90. The van der Waals surface area contributed by atoms with Gasteiger partial charge < -0.3 is 5.73 Å². The molecule has 0 aliphatic rings. The molecule has 68 valence electrons. The smallest absolute Gasteiger partial charge is 0.103 e. The summed E-state index contributed by atoms with van der Waals surface area (Å²) in [6, 6.07) is 9.25. The van der Waals surface area contributed by atoms with Crippen LogP contribution in [0.1, 0.15) is 17.5 Å². The van der Waals surface area contributed by atoms with Crippen LogP contribution in [0.5, 0.6) is 0 Å². The summed E-state index contributed by atoms with van der Waals surface area (Å²) < 4.78 is 0. The number of thiocarbonyl (C=S) groups is 1. The molecule has 0 atom stereocenters. The molecule has 0 saturated heterocycles. The van der Waals surface area contributed by atoms with E-state index in [9.17, 15) is 0 Å². The minimum absolute atomic E-state index is 0.247. The largest absolute Gasteiger partial charge is 0.389 e. The lowest BCUT2D eigenvalue weighted by Crippen LogP contribution is -2.08. The second-order valence-electron chi connectivity index (χ2n) is 2.58. The Kier molecular flexibility index (Phi) is 3.67. The van der Waals surface area contributed by atoms with Crippen LogP contribution in [0.25, 0.3) is 0 Å². The van der Waals surface area contributed by atoms with Crippen molar-refractivity contribution in [2.24, 2.45) is 5.73 Å². The molecule has 0 aromatic heterocycles. The SMILES string of the molecule is N#CCC#Cc1ccc(C(N)=S)cc1. The van der Waals surface area contributed by atoms with Gasteiger partial charge in [0.1, 0.15) is 4.99 Å². The number of nitrogens with zero attached hydrogens (tertiary/aromatic N) is 1. The van der Waals surface area contributed by atoms with E-state index in [2.05, 4.69) is 11.8 Å². The fourth-order valence-corrected chi connectivity index (χ4v) is 1.04. The van der Waals surface area contributed by atoms with E-state index in [-0.39, 0.29) is 6.42 Å². The molecule has 0 heterocycles. The first-order valence-electron chi connectivity index (χ1n) is 3.99. The van der Waals surface area contributed by atoms with Gasteiger partial charge in [0.25, 0.3) is 0 Å². The number of hydrogen-bond donors (Lipinski definition) is 1. The molecule has 0 aliphatic carbocycles. The Morgan fingerprint density at radius 1 is 1.36 bits per heavy atom. The summed E-state index contributed by atoms with van der Waals surface area (Å²) in [6.07, 6.45) is 0.247. The maximum Gasteiger partial charge on any atom is 0.103 e. The fourth-order valence-electron chi connectivity index (χ4n) is 0.904. The standard InChI is InChI=1S/C11H8N2S/c12-8-2-1-3-9-4-6-10(7-5-9)11(13)14/h4-7H,2H2,(H2,13,14). The van der Waals surface area contributed by atoms with Crippen LogP contribution in [-0.2, 0) is 0 Å². The lowest BCUT2D eigenvalue weighted by atomic mass is 10.1. The first-order chi connectivity index (χ1) is 6.74. The van der Waals surface area contributed by atoms with Crippen LogP contribution in [0, 0.1) is 23.2 Å². The van der Waals surface area contributed by atoms with Crippen molar-refractivity contribution in [2.45, 2.75) is 6.42 Å². The highest BCUT2D eigenvalue weighted by Gasteiger charge is 1.93. The molecule has 0 saturated carbocycles. The first kappa shape index (κ1) is 10.2. The Morgan fingerprint density at radius 2 is 2.00 bits per heavy atom. The van der Waals surface area contributed by atoms with Crippen molar-refractivity contribution in [2.75, 3.05) is 0 Å². The molecule has 14 heavy (non-hydrogen) atoms. The van der Waals surface area contributed by atoms with Gasteiger partial charge in [0.05, 0.1) is 12.5 Å². The third-order valence-corrected chi connectivity index (χ3v) is 1.81. The van der Waals surface area contributed by atoms with E-state index in [0.29, 0.717) is 4.99 Å². The van der Waals surface area contributed by atoms with Crippen molar-refractivity contribution in [3.05, 3.63) is 35.4 Å². The summed E-state index contributed by atoms with van der Waals surface area (Å²) in [6.45, 7) is 0. The summed E-state index contributed by atoms with van der Waals surface area (Å²) >= 11 is 4.81. The molecule has 0 unspecified atom stereocenters. The summed E-state index contributed by atoms with van der Waals surface area (Å²) in [4.78, 5) is 0.376. The zero-order chi connectivity index (χ0) is 10.4. The Bertz CT molecular complexity index is 429. The van der Waals surface area contributed by atoms with Gasteiger partial charge in [-0.05, 0) is 12.1 Å². The number of rotatable bonds is 1. The molecule has 1 aromatic carbocycles. The van der Waals surface area contributed by atoms with Gasteiger partial charge in [-0.15, -0.1) is 0 Å².